The maximum Gasteiger partial charge on any atom is 0.220 e. The van der Waals surface area contributed by atoms with Gasteiger partial charge in [0.2, 0.25) is 5.91 Å². The topological polar surface area (TPSA) is 55.4 Å². The predicted octanol–water partition coefficient (Wildman–Crippen LogP) is 3.41. The van der Waals surface area contributed by atoms with Gasteiger partial charge in [0.05, 0.1) is 6.61 Å². The van der Waals surface area contributed by atoms with E-state index >= 15 is 0 Å². The van der Waals surface area contributed by atoms with Gasteiger partial charge >= 0.3 is 0 Å². The Labute approximate surface area is 142 Å². The van der Waals surface area contributed by atoms with E-state index in [9.17, 15) is 9.59 Å². The predicted molar refractivity (Wildman–Crippen MR) is 94.3 cm³/mol. The number of amides is 1. The zero-order valence-electron chi connectivity index (χ0n) is 14.0. The van der Waals surface area contributed by atoms with E-state index < -0.39 is 0 Å². The van der Waals surface area contributed by atoms with Gasteiger partial charge in [0.15, 0.2) is 5.78 Å². The molecular formula is C20H23NO3. The van der Waals surface area contributed by atoms with Crippen LogP contribution in [0.2, 0.25) is 0 Å². The summed E-state index contributed by atoms with van der Waals surface area (Å²) in [4.78, 5) is 23.9. The molecule has 0 aliphatic rings. The van der Waals surface area contributed by atoms with Crippen molar-refractivity contribution in [1.82, 2.24) is 5.32 Å². The Morgan fingerprint density at radius 3 is 2.33 bits per heavy atom. The minimum atomic E-state index is -0.0924. The molecule has 2 aromatic carbocycles. The number of ether oxygens (including phenoxy) is 1. The average Bonchev–Trinajstić information content (AvgIpc) is 2.61. The van der Waals surface area contributed by atoms with Crippen molar-refractivity contribution in [2.24, 2.45) is 0 Å². The second-order valence-electron chi connectivity index (χ2n) is 5.47. The highest BCUT2D eigenvalue weighted by Gasteiger charge is 2.09. The zero-order valence-corrected chi connectivity index (χ0v) is 14.0. The molecule has 0 aromatic heterocycles. The molecule has 4 heteroatoms. The molecule has 0 atom stereocenters. The van der Waals surface area contributed by atoms with Crippen molar-refractivity contribution in [3.05, 3.63) is 65.7 Å². The normalized spacial score (nSPS) is 10.2. The van der Waals surface area contributed by atoms with Crippen LogP contribution < -0.4 is 10.1 Å². The van der Waals surface area contributed by atoms with E-state index in [1.807, 2.05) is 37.3 Å². The first-order valence-electron chi connectivity index (χ1n) is 8.25. The van der Waals surface area contributed by atoms with Crippen molar-refractivity contribution in [2.75, 3.05) is 13.2 Å². The molecule has 0 aliphatic heterocycles. The lowest BCUT2D eigenvalue weighted by atomic mass is 10.1. The Morgan fingerprint density at radius 2 is 1.67 bits per heavy atom. The van der Waals surface area contributed by atoms with Crippen LogP contribution in [0.1, 0.15) is 35.7 Å². The molecule has 0 spiro atoms. The fourth-order valence-electron chi connectivity index (χ4n) is 2.35. The first kappa shape index (κ1) is 17.7. The first-order valence-corrected chi connectivity index (χ1v) is 8.25. The fraction of sp³-hybridized carbons (Fsp3) is 0.300. The minimum absolute atomic E-state index is 0.0312. The number of rotatable bonds is 9. The molecule has 1 amide bonds. The van der Waals surface area contributed by atoms with Crippen LogP contribution in [0.4, 0.5) is 0 Å². The smallest absolute Gasteiger partial charge is 0.220 e. The Morgan fingerprint density at radius 1 is 0.958 bits per heavy atom. The van der Waals surface area contributed by atoms with E-state index in [1.165, 1.54) is 5.56 Å². The Balaban J connectivity index is 1.69. The largest absolute Gasteiger partial charge is 0.494 e. The average molecular weight is 325 g/mol. The van der Waals surface area contributed by atoms with Gasteiger partial charge in [-0.3, -0.25) is 9.59 Å². The third kappa shape index (κ3) is 5.88. The summed E-state index contributed by atoms with van der Waals surface area (Å²) in [5, 5.41) is 2.85. The van der Waals surface area contributed by atoms with Crippen molar-refractivity contribution >= 4 is 11.7 Å². The maximum atomic E-state index is 12.1. The second-order valence-corrected chi connectivity index (χ2v) is 5.47. The maximum absolute atomic E-state index is 12.1. The summed E-state index contributed by atoms with van der Waals surface area (Å²) in [5.41, 5.74) is 1.79. The minimum Gasteiger partial charge on any atom is -0.494 e. The highest BCUT2D eigenvalue weighted by Crippen LogP contribution is 2.14. The first-order chi connectivity index (χ1) is 11.7. The SMILES string of the molecule is CCOc1ccc(C(=O)CCC(=O)NCCc2ccccc2)cc1. The summed E-state index contributed by atoms with van der Waals surface area (Å²) in [6.07, 6.45) is 1.21. The number of carbonyl (C=O) groups excluding carboxylic acids is 2. The zero-order chi connectivity index (χ0) is 17.2. The lowest BCUT2D eigenvalue weighted by Gasteiger charge is -2.06. The van der Waals surface area contributed by atoms with Gasteiger partial charge in [0.25, 0.3) is 0 Å². The van der Waals surface area contributed by atoms with Gasteiger partial charge in [-0.25, -0.2) is 0 Å². The monoisotopic (exact) mass is 325 g/mol. The summed E-state index contributed by atoms with van der Waals surface area (Å²) < 4.78 is 5.34. The molecule has 1 N–H and O–H groups in total. The summed E-state index contributed by atoms with van der Waals surface area (Å²) in [5.74, 6) is 0.620. The lowest BCUT2D eigenvalue weighted by Crippen LogP contribution is -2.26. The number of carbonyl (C=O) groups is 2. The van der Waals surface area contributed by atoms with Crippen LogP contribution in [-0.2, 0) is 11.2 Å². The summed E-state index contributed by atoms with van der Waals surface area (Å²) in [6, 6.07) is 17.0. The van der Waals surface area contributed by atoms with Gasteiger partial charge in [-0.15, -0.1) is 0 Å². The van der Waals surface area contributed by atoms with Crippen LogP contribution in [0, 0.1) is 0 Å². The van der Waals surface area contributed by atoms with E-state index in [-0.39, 0.29) is 24.5 Å². The Bertz CT molecular complexity index is 650. The van der Waals surface area contributed by atoms with Crippen LogP contribution in [0.15, 0.2) is 54.6 Å². The van der Waals surface area contributed by atoms with E-state index in [4.69, 9.17) is 4.74 Å². The van der Waals surface area contributed by atoms with Crippen molar-refractivity contribution in [3.63, 3.8) is 0 Å². The molecule has 2 rings (SSSR count). The standard InChI is InChI=1S/C20H23NO3/c1-2-24-18-10-8-17(9-11-18)19(22)12-13-20(23)21-15-14-16-6-4-3-5-7-16/h3-11H,2,12-15H2,1H3,(H,21,23). The third-order valence-corrected chi connectivity index (χ3v) is 3.65. The second kappa shape index (κ2) is 9.50. The van der Waals surface area contributed by atoms with Crippen molar-refractivity contribution in [3.8, 4) is 5.75 Å². The molecular weight excluding hydrogens is 302 g/mol. The van der Waals surface area contributed by atoms with Gasteiger partial charge in [0, 0.05) is 24.9 Å². The molecule has 0 saturated heterocycles. The molecule has 0 bridgehead atoms. The van der Waals surface area contributed by atoms with Crippen molar-refractivity contribution in [2.45, 2.75) is 26.2 Å². The fourth-order valence-corrected chi connectivity index (χ4v) is 2.35. The van der Waals surface area contributed by atoms with E-state index in [1.54, 1.807) is 24.3 Å². The van der Waals surface area contributed by atoms with Crippen LogP contribution >= 0.6 is 0 Å². The quantitative estimate of drug-likeness (QED) is 0.719. The van der Waals surface area contributed by atoms with Crippen LogP contribution in [-0.4, -0.2) is 24.8 Å². The van der Waals surface area contributed by atoms with Gasteiger partial charge in [-0.1, -0.05) is 30.3 Å². The number of Topliss-reactive ketones (excluding diaryl/α,β-unsaturated/α-hetero) is 1. The third-order valence-electron chi connectivity index (χ3n) is 3.65. The van der Waals surface area contributed by atoms with Gasteiger partial charge < -0.3 is 10.1 Å². The molecule has 0 heterocycles. The summed E-state index contributed by atoms with van der Waals surface area (Å²) >= 11 is 0. The van der Waals surface area contributed by atoms with Crippen molar-refractivity contribution < 1.29 is 14.3 Å². The number of ketones is 1. The van der Waals surface area contributed by atoms with Gasteiger partial charge in [-0.2, -0.15) is 0 Å². The number of hydrogen-bond donors (Lipinski definition) is 1. The summed E-state index contributed by atoms with van der Waals surface area (Å²) in [7, 11) is 0. The molecule has 0 radical (unpaired) electrons. The molecule has 0 fully saturated rings. The molecule has 0 aliphatic carbocycles. The lowest BCUT2D eigenvalue weighted by molar-refractivity contribution is -0.121. The number of nitrogens with one attached hydrogen (secondary N) is 1. The van der Waals surface area contributed by atoms with Gasteiger partial charge in [-0.05, 0) is 43.2 Å². The highest BCUT2D eigenvalue weighted by molar-refractivity contribution is 5.98. The van der Waals surface area contributed by atoms with E-state index in [2.05, 4.69) is 5.32 Å². The molecule has 2 aromatic rings. The molecule has 24 heavy (non-hydrogen) atoms. The Kier molecular flexibility index (Phi) is 7.02. The molecule has 4 nitrogen and oxygen atoms in total. The van der Waals surface area contributed by atoms with Crippen LogP contribution in [0.5, 0.6) is 5.75 Å². The van der Waals surface area contributed by atoms with E-state index in [0.717, 1.165) is 12.2 Å². The molecule has 126 valence electrons. The van der Waals surface area contributed by atoms with Crippen LogP contribution in [0.3, 0.4) is 0 Å². The Hall–Kier alpha value is -2.62. The van der Waals surface area contributed by atoms with Crippen molar-refractivity contribution in [1.29, 1.82) is 0 Å². The van der Waals surface area contributed by atoms with Gasteiger partial charge in [0.1, 0.15) is 5.75 Å². The molecule has 0 unspecified atom stereocenters. The highest BCUT2D eigenvalue weighted by atomic mass is 16.5. The summed E-state index contributed by atoms with van der Waals surface area (Å²) in [6.45, 7) is 3.09. The van der Waals surface area contributed by atoms with Crippen LogP contribution in [0.25, 0.3) is 0 Å². The molecule has 0 saturated carbocycles. The van der Waals surface area contributed by atoms with E-state index in [0.29, 0.717) is 18.7 Å². The number of benzene rings is 2. The number of hydrogen-bond acceptors (Lipinski definition) is 3.